The molecule has 0 aromatic heterocycles. The summed E-state index contributed by atoms with van der Waals surface area (Å²) in [6.45, 7) is 5.78. The Morgan fingerprint density at radius 2 is 1.94 bits per heavy atom. The van der Waals surface area contributed by atoms with Gasteiger partial charge >= 0.3 is 0 Å². The van der Waals surface area contributed by atoms with E-state index in [-0.39, 0.29) is 0 Å². The smallest absolute Gasteiger partial charge is 0.0393 e. The minimum Gasteiger partial charge on any atom is -0.374 e. The Morgan fingerprint density at radius 3 is 2.65 bits per heavy atom. The van der Waals surface area contributed by atoms with Crippen molar-refractivity contribution >= 4 is 5.69 Å². The molecule has 1 aliphatic rings. The molecule has 0 bridgehead atoms. The van der Waals surface area contributed by atoms with Gasteiger partial charge in [-0.3, -0.25) is 0 Å². The van der Waals surface area contributed by atoms with Gasteiger partial charge in [-0.25, -0.2) is 0 Å². The standard InChI is InChI=1S/C15H24N2/c1-13-5-3-4-6-15(13)17(2)12-9-14-7-10-16-11-8-14/h3-6,14,16H,7-12H2,1-2H3. The van der Waals surface area contributed by atoms with Crippen LogP contribution >= 0.6 is 0 Å². The minimum atomic E-state index is 0.919. The maximum Gasteiger partial charge on any atom is 0.0393 e. The summed E-state index contributed by atoms with van der Waals surface area (Å²) < 4.78 is 0. The lowest BCUT2D eigenvalue weighted by molar-refractivity contribution is 0.356. The molecule has 0 aliphatic carbocycles. The van der Waals surface area contributed by atoms with E-state index in [9.17, 15) is 0 Å². The van der Waals surface area contributed by atoms with Crippen LogP contribution < -0.4 is 10.2 Å². The quantitative estimate of drug-likeness (QED) is 0.858. The van der Waals surface area contributed by atoms with Crippen LogP contribution in [0.15, 0.2) is 24.3 Å². The molecule has 17 heavy (non-hydrogen) atoms. The third-order valence-electron chi connectivity index (χ3n) is 3.86. The molecule has 0 unspecified atom stereocenters. The number of benzene rings is 1. The molecule has 2 heteroatoms. The van der Waals surface area contributed by atoms with Gasteiger partial charge in [0.25, 0.3) is 0 Å². The fourth-order valence-electron chi connectivity index (χ4n) is 2.66. The Bertz CT molecular complexity index is 343. The predicted octanol–water partition coefficient (Wildman–Crippen LogP) is 2.82. The normalized spacial score (nSPS) is 17.1. The van der Waals surface area contributed by atoms with E-state index >= 15 is 0 Å². The van der Waals surface area contributed by atoms with Crippen LogP contribution in [0.5, 0.6) is 0 Å². The molecule has 1 heterocycles. The van der Waals surface area contributed by atoms with Crippen molar-refractivity contribution in [1.29, 1.82) is 0 Å². The lowest BCUT2D eigenvalue weighted by atomic mass is 9.94. The van der Waals surface area contributed by atoms with Crippen molar-refractivity contribution in [2.45, 2.75) is 26.2 Å². The van der Waals surface area contributed by atoms with Gasteiger partial charge in [-0.2, -0.15) is 0 Å². The van der Waals surface area contributed by atoms with Gasteiger partial charge in [0.2, 0.25) is 0 Å². The minimum absolute atomic E-state index is 0.919. The molecule has 1 fully saturated rings. The highest BCUT2D eigenvalue weighted by Gasteiger charge is 2.13. The maximum atomic E-state index is 3.43. The van der Waals surface area contributed by atoms with E-state index in [1.54, 1.807) is 0 Å². The molecule has 1 saturated heterocycles. The monoisotopic (exact) mass is 232 g/mol. The summed E-state index contributed by atoms with van der Waals surface area (Å²) in [4.78, 5) is 2.40. The van der Waals surface area contributed by atoms with Crippen molar-refractivity contribution in [1.82, 2.24) is 5.32 Å². The first kappa shape index (κ1) is 12.4. The van der Waals surface area contributed by atoms with Crippen LogP contribution in [0.25, 0.3) is 0 Å². The second-order valence-corrected chi connectivity index (χ2v) is 5.19. The molecular weight excluding hydrogens is 208 g/mol. The Morgan fingerprint density at radius 1 is 1.24 bits per heavy atom. The summed E-state index contributed by atoms with van der Waals surface area (Å²) in [6, 6.07) is 8.65. The first-order valence-corrected chi connectivity index (χ1v) is 6.75. The predicted molar refractivity (Wildman–Crippen MR) is 74.7 cm³/mol. The summed E-state index contributed by atoms with van der Waals surface area (Å²) in [5.41, 5.74) is 2.75. The second kappa shape index (κ2) is 6.06. The number of piperidine rings is 1. The average molecular weight is 232 g/mol. The van der Waals surface area contributed by atoms with E-state index in [2.05, 4.69) is 48.5 Å². The lowest BCUT2D eigenvalue weighted by Gasteiger charge is -2.27. The molecule has 0 radical (unpaired) electrons. The van der Waals surface area contributed by atoms with Crippen molar-refractivity contribution in [3.63, 3.8) is 0 Å². The summed E-state index contributed by atoms with van der Waals surface area (Å²) in [5.74, 6) is 0.919. The van der Waals surface area contributed by atoms with Gasteiger partial charge in [-0.15, -0.1) is 0 Å². The summed E-state index contributed by atoms with van der Waals surface area (Å²) in [6.07, 6.45) is 4.02. The van der Waals surface area contributed by atoms with Gasteiger partial charge in [0.1, 0.15) is 0 Å². The SMILES string of the molecule is Cc1ccccc1N(C)CCC1CCNCC1. The van der Waals surface area contributed by atoms with E-state index in [4.69, 9.17) is 0 Å². The van der Waals surface area contributed by atoms with Crippen LogP contribution in [0, 0.1) is 12.8 Å². The van der Waals surface area contributed by atoms with Crippen molar-refractivity contribution in [2.24, 2.45) is 5.92 Å². The molecule has 1 aromatic rings. The van der Waals surface area contributed by atoms with Crippen LogP contribution in [0.4, 0.5) is 5.69 Å². The van der Waals surface area contributed by atoms with E-state index in [0.29, 0.717) is 0 Å². The van der Waals surface area contributed by atoms with Crippen LogP contribution in [-0.4, -0.2) is 26.7 Å². The Hall–Kier alpha value is -1.02. The second-order valence-electron chi connectivity index (χ2n) is 5.19. The van der Waals surface area contributed by atoms with E-state index < -0.39 is 0 Å². The molecular formula is C15H24N2. The van der Waals surface area contributed by atoms with Gasteiger partial charge in [-0.1, -0.05) is 18.2 Å². The number of hydrogen-bond donors (Lipinski definition) is 1. The summed E-state index contributed by atoms with van der Waals surface area (Å²) >= 11 is 0. The number of hydrogen-bond acceptors (Lipinski definition) is 2. The third-order valence-corrected chi connectivity index (χ3v) is 3.86. The number of aryl methyl sites for hydroxylation is 1. The molecule has 1 aromatic carbocycles. The Kier molecular flexibility index (Phi) is 4.43. The van der Waals surface area contributed by atoms with Crippen molar-refractivity contribution in [3.05, 3.63) is 29.8 Å². The fraction of sp³-hybridized carbons (Fsp3) is 0.600. The highest BCUT2D eigenvalue weighted by atomic mass is 15.1. The van der Waals surface area contributed by atoms with Gasteiger partial charge < -0.3 is 10.2 Å². The number of nitrogens with one attached hydrogen (secondary N) is 1. The summed E-state index contributed by atoms with van der Waals surface area (Å²) in [7, 11) is 2.21. The van der Waals surface area contributed by atoms with Crippen LogP contribution in [0.3, 0.4) is 0 Å². The highest BCUT2D eigenvalue weighted by Crippen LogP contribution is 2.21. The van der Waals surface area contributed by atoms with Crippen LogP contribution in [0.2, 0.25) is 0 Å². The summed E-state index contributed by atoms with van der Waals surface area (Å²) in [5, 5.41) is 3.43. The van der Waals surface area contributed by atoms with E-state index in [1.165, 1.54) is 50.1 Å². The van der Waals surface area contributed by atoms with E-state index in [0.717, 1.165) is 5.92 Å². The molecule has 0 saturated carbocycles. The molecule has 0 amide bonds. The van der Waals surface area contributed by atoms with Crippen LogP contribution in [0.1, 0.15) is 24.8 Å². The van der Waals surface area contributed by atoms with E-state index in [1.807, 2.05) is 0 Å². The topological polar surface area (TPSA) is 15.3 Å². The first-order chi connectivity index (χ1) is 8.27. The Labute approximate surface area is 105 Å². The molecule has 94 valence electrons. The third kappa shape index (κ3) is 3.47. The first-order valence-electron chi connectivity index (χ1n) is 6.75. The highest BCUT2D eigenvalue weighted by molar-refractivity contribution is 5.52. The number of nitrogens with zero attached hydrogens (tertiary/aromatic N) is 1. The molecule has 1 aliphatic heterocycles. The largest absolute Gasteiger partial charge is 0.374 e. The van der Waals surface area contributed by atoms with Crippen molar-refractivity contribution < 1.29 is 0 Å². The van der Waals surface area contributed by atoms with Crippen LogP contribution in [-0.2, 0) is 0 Å². The molecule has 0 atom stereocenters. The molecule has 1 N–H and O–H groups in total. The maximum absolute atomic E-state index is 3.43. The number of anilines is 1. The zero-order valence-corrected chi connectivity index (χ0v) is 11.1. The van der Waals surface area contributed by atoms with Crippen molar-refractivity contribution in [2.75, 3.05) is 31.6 Å². The van der Waals surface area contributed by atoms with Gasteiger partial charge in [0.15, 0.2) is 0 Å². The van der Waals surface area contributed by atoms with Crippen molar-refractivity contribution in [3.8, 4) is 0 Å². The molecule has 2 nitrogen and oxygen atoms in total. The molecule has 0 spiro atoms. The average Bonchev–Trinajstić information content (AvgIpc) is 2.38. The lowest BCUT2D eigenvalue weighted by Crippen LogP contribution is -2.30. The zero-order valence-electron chi connectivity index (χ0n) is 11.1. The van der Waals surface area contributed by atoms with Gasteiger partial charge in [0.05, 0.1) is 0 Å². The zero-order chi connectivity index (χ0) is 12.1. The fourth-order valence-corrected chi connectivity index (χ4v) is 2.66. The number of rotatable bonds is 4. The molecule has 2 rings (SSSR count). The van der Waals surface area contributed by atoms with Gasteiger partial charge in [-0.05, 0) is 56.8 Å². The van der Waals surface area contributed by atoms with Gasteiger partial charge in [0, 0.05) is 19.3 Å². The Balaban J connectivity index is 1.84. The number of para-hydroxylation sites is 1.